The van der Waals surface area contributed by atoms with Crippen LogP contribution in [0.1, 0.15) is 6.42 Å². The van der Waals surface area contributed by atoms with Crippen molar-refractivity contribution in [2.45, 2.75) is 6.42 Å². The Labute approximate surface area is 161 Å². The molecule has 0 spiro atoms. The molecule has 0 saturated carbocycles. The maximum absolute atomic E-state index is 12.4. The molecule has 0 fully saturated rings. The molecule has 142 valence electrons. The molecule has 0 aliphatic heterocycles. The van der Waals surface area contributed by atoms with E-state index in [4.69, 9.17) is 26.8 Å². The Balaban J connectivity index is 1.89. The Kier molecular flexibility index (Phi) is 7.63. The number of benzene rings is 2. The summed E-state index contributed by atoms with van der Waals surface area (Å²) in [7, 11) is 0. The molecule has 0 heterocycles. The zero-order chi connectivity index (χ0) is 19.6. The standard InChI is InChI=1S/C19H19ClN2O5/c20-15-8-4-5-9-16(15)26-13-19(25)27-12-18(24)22(11-10-17(21)23)14-6-2-1-3-7-14/h1-9H,10-13H2,(H2,21,23). The summed E-state index contributed by atoms with van der Waals surface area (Å²) in [6, 6.07) is 15.4. The van der Waals surface area contributed by atoms with E-state index in [1.54, 1.807) is 54.6 Å². The molecule has 27 heavy (non-hydrogen) atoms. The Morgan fingerprint density at radius 2 is 1.63 bits per heavy atom. The van der Waals surface area contributed by atoms with E-state index < -0.39 is 24.4 Å². The number of carbonyl (C=O) groups is 3. The quantitative estimate of drug-likeness (QED) is 0.661. The number of rotatable bonds is 9. The Morgan fingerprint density at radius 3 is 2.30 bits per heavy atom. The highest BCUT2D eigenvalue weighted by Gasteiger charge is 2.18. The first-order valence-corrected chi connectivity index (χ1v) is 8.52. The van der Waals surface area contributed by atoms with Crippen LogP contribution in [0.4, 0.5) is 5.69 Å². The second-order valence-corrected chi connectivity index (χ2v) is 5.88. The number of amides is 2. The zero-order valence-electron chi connectivity index (χ0n) is 14.5. The summed E-state index contributed by atoms with van der Waals surface area (Å²) < 4.78 is 10.2. The summed E-state index contributed by atoms with van der Waals surface area (Å²) in [6.07, 6.45) is -0.00972. The van der Waals surface area contributed by atoms with Crippen molar-refractivity contribution in [2.24, 2.45) is 5.73 Å². The first-order valence-electron chi connectivity index (χ1n) is 8.14. The monoisotopic (exact) mass is 390 g/mol. The minimum atomic E-state index is -0.716. The molecular formula is C19H19ClN2O5. The van der Waals surface area contributed by atoms with Gasteiger partial charge < -0.3 is 20.1 Å². The summed E-state index contributed by atoms with van der Waals surface area (Å²) in [4.78, 5) is 36.6. The molecule has 8 heteroatoms. The second-order valence-electron chi connectivity index (χ2n) is 5.48. The average molecular weight is 391 g/mol. The van der Waals surface area contributed by atoms with Crippen molar-refractivity contribution >= 4 is 35.1 Å². The number of nitrogens with two attached hydrogens (primary N) is 1. The van der Waals surface area contributed by atoms with Crippen LogP contribution in [0.2, 0.25) is 5.02 Å². The van der Waals surface area contributed by atoms with Crippen LogP contribution >= 0.6 is 11.6 Å². The average Bonchev–Trinajstić information content (AvgIpc) is 2.66. The number of halogens is 1. The number of carbonyl (C=O) groups excluding carboxylic acids is 3. The Bertz CT molecular complexity index is 798. The van der Waals surface area contributed by atoms with Gasteiger partial charge in [-0.15, -0.1) is 0 Å². The van der Waals surface area contributed by atoms with Crippen LogP contribution in [0.3, 0.4) is 0 Å². The topological polar surface area (TPSA) is 98.9 Å². The van der Waals surface area contributed by atoms with Gasteiger partial charge in [0.2, 0.25) is 5.91 Å². The van der Waals surface area contributed by atoms with E-state index in [9.17, 15) is 14.4 Å². The lowest BCUT2D eigenvalue weighted by molar-refractivity contribution is -0.149. The van der Waals surface area contributed by atoms with Crippen LogP contribution in [0, 0.1) is 0 Å². The number of esters is 1. The van der Waals surface area contributed by atoms with E-state index >= 15 is 0 Å². The van der Waals surface area contributed by atoms with Gasteiger partial charge in [0.1, 0.15) is 5.75 Å². The van der Waals surface area contributed by atoms with Gasteiger partial charge in [-0.05, 0) is 24.3 Å². The number of primary amides is 1. The lowest BCUT2D eigenvalue weighted by Gasteiger charge is -2.22. The van der Waals surface area contributed by atoms with Crippen LogP contribution in [0.15, 0.2) is 54.6 Å². The van der Waals surface area contributed by atoms with Crippen molar-refractivity contribution < 1.29 is 23.9 Å². The zero-order valence-corrected chi connectivity index (χ0v) is 15.2. The first kappa shape index (κ1) is 20.3. The predicted molar refractivity (Wildman–Crippen MR) is 101 cm³/mol. The predicted octanol–water partition coefficient (Wildman–Crippen LogP) is 2.17. The van der Waals surface area contributed by atoms with E-state index in [0.29, 0.717) is 16.5 Å². The molecule has 7 nitrogen and oxygen atoms in total. The van der Waals surface area contributed by atoms with Crippen molar-refractivity contribution in [1.29, 1.82) is 0 Å². The molecule has 0 unspecified atom stereocenters. The third-order valence-electron chi connectivity index (χ3n) is 3.49. The van der Waals surface area contributed by atoms with Gasteiger partial charge in [0.25, 0.3) is 5.91 Å². The van der Waals surface area contributed by atoms with Gasteiger partial charge in [-0.3, -0.25) is 9.59 Å². The molecule has 0 aliphatic rings. The van der Waals surface area contributed by atoms with Crippen molar-refractivity contribution in [3.05, 3.63) is 59.6 Å². The fourth-order valence-corrected chi connectivity index (χ4v) is 2.38. The van der Waals surface area contributed by atoms with E-state index in [0.717, 1.165) is 0 Å². The fraction of sp³-hybridized carbons (Fsp3) is 0.211. The molecule has 0 saturated heterocycles. The molecule has 2 amide bonds. The SMILES string of the molecule is NC(=O)CCN(C(=O)COC(=O)COc1ccccc1Cl)c1ccccc1. The summed E-state index contributed by atoms with van der Waals surface area (Å²) in [5.74, 6) is -1.39. The number of hydrogen-bond donors (Lipinski definition) is 1. The third-order valence-corrected chi connectivity index (χ3v) is 3.80. The third kappa shape index (κ3) is 6.63. The van der Waals surface area contributed by atoms with Gasteiger partial charge in [0, 0.05) is 18.7 Å². The summed E-state index contributed by atoms with van der Waals surface area (Å²) in [6.45, 7) is -0.784. The van der Waals surface area contributed by atoms with Gasteiger partial charge in [-0.25, -0.2) is 4.79 Å². The number of hydrogen-bond acceptors (Lipinski definition) is 5. The van der Waals surface area contributed by atoms with Gasteiger partial charge in [-0.2, -0.15) is 0 Å². The molecule has 0 aliphatic carbocycles. The summed E-state index contributed by atoms with van der Waals surface area (Å²) in [5, 5.41) is 0.364. The van der Waals surface area contributed by atoms with Crippen molar-refractivity contribution in [1.82, 2.24) is 0 Å². The molecule has 2 N–H and O–H groups in total. The molecule has 0 bridgehead atoms. The number of para-hydroxylation sites is 2. The lowest BCUT2D eigenvalue weighted by atomic mass is 10.2. The Morgan fingerprint density at radius 1 is 0.963 bits per heavy atom. The molecule has 2 aromatic rings. The van der Waals surface area contributed by atoms with Crippen molar-refractivity contribution in [3.63, 3.8) is 0 Å². The maximum atomic E-state index is 12.4. The van der Waals surface area contributed by atoms with E-state index in [1.165, 1.54) is 4.90 Å². The normalized spacial score (nSPS) is 10.1. The summed E-state index contributed by atoms with van der Waals surface area (Å²) in [5.41, 5.74) is 5.73. The summed E-state index contributed by atoms with van der Waals surface area (Å²) >= 11 is 5.93. The molecule has 0 atom stereocenters. The van der Waals surface area contributed by atoms with Crippen molar-refractivity contribution in [2.75, 3.05) is 24.7 Å². The highest BCUT2D eigenvalue weighted by molar-refractivity contribution is 6.32. The van der Waals surface area contributed by atoms with Gasteiger partial charge in [-0.1, -0.05) is 41.9 Å². The smallest absolute Gasteiger partial charge is 0.344 e. The Hall–Kier alpha value is -3.06. The number of nitrogens with zero attached hydrogens (tertiary/aromatic N) is 1. The largest absolute Gasteiger partial charge is 0.480 e. The van der Waals surface area contributed by atoms with E-state index in [2.05, 4.69) is 0 Å². The van der Waals surface area contributed by atoms with Crippen LogP contribution in [0.25, 0.3) is 0 Å². The van der Waals surface area contributed by atoms with Gasteiger partial charge in [0.15, 0.2) is 13.2 Å². The highest BCUT2D eigenvalue weighted by atomic mass is 35.5. The fourth-order valence-electron chi connectivity index (χ4n) is 2.19. The molecular weight excluding hydrogens is 372 g/mol. The number of ether oxygens (including phenoxy) is 2. The van der Waals surface area contributed by atoms with E-state index in [-0.39, 0.29) is 19.6 Å². The van der Waals surface area contributed by atoms with E-state index in [1.807, 2.05) is 0 Å². The van der Waals surface area contributed by atoms with Crippen LogP contribution < -0.4 is 15.4 Å². The van der Waals surface area contributed by atoms with Crippen LogP contribution in [-0.2, 0) is 19.1 Å². The minimum absolute atomic E-state index is 0.00972. The lowest BCUT2D eigenvalue weighted by Crippen LogP contribution is -2.37. The maximum Gasteiger partial charge on any atom is 0.344 e. The first-order chi connectivity index (χ1) is 13.0. The van der Waals surface area contributed by atoms with Crippen LogP contribution in [-0.4, -0.2) is 37.5 Å². The molecule has 0 radical (unpaired) electrons. The van der Waals surface area contributed by atoms with Gasteiger partial charge in [0.05, 0.1) is 5.02 Å². The molecule has 2 rings (SSSR count). The number of anilines is 1. The second kappa shape index (κ2) is 10.2. The minimum Gasteiger partial charge on any atom is -0.480 e. The molecule has 2 aromatic carbocycles. The van der Waals surface area contributed by atoms with Gasteiger partial charge >= 0.3 is 5.97 Å². The van der Waals surface area contributed by atoms with Crippen LogP contribution in [0.5, 0.6) is 5.75 Å². The highest BCUT2D eigenvalue weighted by Crippen LogP contribution is 2.22. The van der Waals surface area contributed by atoms with Crippen molar-refractivity contribution in [3.8, 4) is 5.75 Å². The molecule has 0 aromatic heterocycles.